The lowest BCUT2D eigenvalue weighted by atomic mass is 9.77. The van der Waals surface area contributed by atoms with Gasteiger partial charge in [0.1, 0.15) is 5.75 Å². The van der Waals surface area contributed by atoms with Gasteiger partial charge in [-0.3, -0.25) is 15.1 Å². The summed E-state index contributed by atoms with van der Waals surface area (Å²) in [7, 11) is 3.24. The molecule has 2 heterocycles. The number of para-hydroxylation sites is 1. The SMILES string of the molecule is CN=C(NC#N)N1CCC(CNC(=O)c2ccccc2OC)(c2cccs2)CC1. The average Bonchev–Trinajstić information content (AvgIpc) is 3.32. The van der Waals surface area contributed by atoms with Crippen molar-refractivity contribution in [2.45, 2.75) is 18.3 Å². The van der Waals surface area contributed by atoms with Crippen molar-refractivity contribution in [2.75, 3.05) is 33.8 Å². The van der Waals surface area contributed by atoms with E-state index in [-0.39, 0.29) is 11.3 Å². The monoisotopic (exact) mass is 411 g/mol. The minimum atomic E-state index is -0.145. The lowest BCUT2D eigenvalue weighted by Crippen LogP contribution is -2.52. The molecule has 2 aromatic rings. The van der Waals surface area contributed by atoms with Crippen LogP contribution < -0.4 is 15.4 Å². The molecule has 8 heteroatoms. The molecule has 1 amide bonds. The lowest BCUT2D eigenvalue weighted by molar-refractivity contribution is 0.0929. The fourth-order valence-corrected chi connectivity index (χ4v) is 4.73. The zero-order valence-corrected chi connectivity index (χ0v) is 17.5. The third-order valence-electron chi connectivity index (χ3n) is 5.38. The molecule has 0 spiro atoms. The molecule has 152 valence electrons. The van der Waals surface area contributed by atoms with E-state index in [1.165, 1.54) is 4.88 Å². The molecule has 3 rings (SSSR count). The molecule has 0 aliphatic carbocycles. The molecular weight excluding hydrogens is 386 g/mol. The van der Waals surface area contributed by atoms with Crippen LogP contribution in [0.3, 0.4) is 0 Å². The van der Waals surface area contributed by atoms with E-state index >= 15 is 0 Å². The molecule has 0 unspecified atom stereocenters. The van der Waals surface area contributed by atoms with Crippen molar-refractivity contribution in [2.24, 2.45) is 4.99 Å². The van der Waals surface area contributed by atoms with Crippen LogP contribution in [-0.2, 0) is 5.41 Å². The third kappa shape index (κ3) is 4.51. The highest BCUT2D eigenvalue weighted by Crippen LogP contribution is 2.38. The Morgan fingerprint density at radius 1 is 1.31 bits per heavy atom. The fraction of sp³-hybridized carbons (Fsp3) is 0.381. The number of likely N-dealkylation sites (tertiary alicyclic amines) is 1. The number of amides is 1. The van der Waals surface area contributed by atoms with Crippen molar-refractivity contribution in [3.63, 3.8) is 0 Å². The largest absolute Gasteiger partial charge is 0.496 e. The van der Waals surface area contributed by atoms with Gasteiger partial charge in [-0.2, -0.15) is 5.26 Å². The molecular formula is C21H25N5O2S. The van der Waals surface area contributed by atoms with Crippen LogP contribution in [0.2, 0.25) is 0 Å². The number of carbonyl (C=O) groups excluding carboxylic acids is 1. The highest BCUT2D eigenvalue weighted by Gasteiger charge is 2.38. The van der Waals surface area contributed by atoms with E-state index in [1.54, 1.807) is 37.6 Å². The van der Waals surface area contributed by atoms with Gasteiger partial charge < -0.3 is 15.0 Å². The van der Waals surface area contributed by atoms with E-state index in [4.69, 9.17) is 10.00 Å². The summed E-state index contributed by atoms with van der Waals surface area (Å²) in [5.41, 5.74) is 0.390. The van der Waals surface area contributed by atoms with Crippen LogP contribution in [0.4, 0.5) is 0 Å². The Bertz CT molecular complexity index is 896. The zero-order valence-electron chi connectivity index (χ0n) is 16.6. The number of guanidine groups is 1. The van der Waals surface area contributed by atoms with Crippen LogP contribution in [0.25, 0.3) is 0 Å². The molecule has 0 radical (unpaired) electrons. The summed E-state index contributed by atoms with van der Waals surface area (Å²) in [4.78, 5) is 20.3. The molecule has 1 saturated heterocycles. The van der Waals surface area contributed by atoms with E-state index in [0.717, 1.165) is 25.9 Å². The van der Waals surface area contributed by atoms with Crippen LogP contribution in [0, 0.1) is 11.5 Å². The minimum absolute atomic E-state index is 0.136. The maximum atomic E-state index is 12.8. The van der Waals surface area contributed by atoms with Gasteiger partial charge in [-0.1, -0.05) is 18.2 Å². The second-order valence-electron chi connectivity index (χ2n) is 6.91. The molecule has 2 N–H and O–H groups in total. The molecule has 1 aromatic heterocycles. The van der Waals surface area contributed by atoms with E-state index in [0.29, 0.717) is 23.8 Å². The number of piperidine rings is 1. The number of aliphatic imine (C=N–C) groups is 1. The number of methoxy groups -OCH3 is 1. The summed E-state index contributed by atoms with van der Waals surface area (Å²) >= 11 is 1.72. The standard InChI is InChI=1S/C21H25N5O2S/c1-23-20(25-15-22)26-11-9-21(10-12-26,18-8-5-13-29-18)14-24-19(27)16-6-3-4-7-17(16)28-2/h3-8,13H,9-12,14H2,1-2H3,(H,23,25)(H,24,27). The molecule has 0 bridgehead atoms. The summed E-state index contributed by atoms with van der Waals surface area (Å²) in [6.45, 7) is 2.05. The van der Waals surface area contributed by atoms with Crippen LogP contribution in [0.15, 0.2) is 46.8 Å². The normalized spacial score (nSPS) is 16.0. The topological polar surface area (TPSA) is 89.8 Å². The lowest BCUT2D eigenvalue weighted by Gasteiger charge is -2.42. The molecule has 0 saturated carbocycles. The van der Waals surface area contributed by atoms with Crippen molar-refractivity contribution in [3.8, 4) is 11.9 Å². The highest BCUT2D eigenvalue weighted by atomic mass is 32.1. The quantitative estimate of drug-likeness (QED) is 0.342. The first kappa shape index (κ1) is 20.7. The van der Waals surface area contributed by atoms with Crippen molar-refractivity contribution in [1.82, 2.24) is 15.5 Å². The van der Waals surface area contributed by atoms with Crippen molar-refractivity contribution >= 4 is 23.2 Å². The van der Waals surface area contributed by atoms with Gasteiger partial charge in [0, 0.05) is 37.0 Å². The van der Waals surface area contributed by atoms with E-state index in [1.807, 2.05) is 24.4 Å². The van der Waals surface area contributed by atoms with Gasteiger partial charge >= 0.3 is 0 Å². The van der Waals surface area contributed by atoms with Gasteiger partial charge in [-0.25, -0.2) is 0 Å². The second-order valence-corrected chi connectivity index (χ2v) is 7.86. The number of nitriles is 1. The van der Waals surface area contributed by atoms with E-state index in [2.05, 4.69) is 32.0 Å². The molecule has 7 nitrogen and oxygen atoms in total. The summed E-state index contributed by atoms with van der Waals surface area (Å²) in [6.07, 6.45) is 3.65. The smallest absolute Gasteiger partial charge is 0.255 e. The first-order chi connectivity index (χ1) is 14.1. The van der Waals surface area contributed by atoms with Crippen molar-refractivity contribution < 1.29 is 9.53 Å². The Morgan fingerprint density at radius 3 is 2.69 bits per heavy atom. The first-order valence-corrected chi connectivity index (χ1v) is 10.3. The van der Waals surface area contributed by atoms with Gasteiger partial charge in [0.15, 0.2) is 6.19 Å². The minimum Gasteiger partial charge on any atom is -0.496 e. The number of ether oxygens (including phenoxy) is 1. The van der Waals surface area contributed by atoms with E-state index in [9.17, 15) is 4.79 Å². The summed E-state index contributed by atoms with van der Waals surface area (Å²) in [6, 6.07) is 11.4. The van der Waals surface area contributed by atoms with Crippen LogP contribution >= 0.6 is 11.3 Å². The molecule has 1 aliphatic rings. The molecule has 1 aliphatic heterocycles. The highest BCUT2D eigenvalue weighted by molar-refractivity contribution is 7.10. The number of carbonyl (C=O) groups is 1. The number of benzene rings is 1. The predicted molar refractivity (Wildman–Crippen MR) is 114 cm³/mol. The number of nitrogens with zero attached hydrogens (tertiary/aromatic N) is 3. The third-order valence-corrected chi connectivity index (χ3v) is 6.50. The van der Waals surface area contributed by atoms with Gasteiger partial charge in [0.2, 0.25) is 5.96 Å². The van der Waals surface area contributed by atoms with Crippen molar-refractivity contribution in [1.29, 1.82) is 5.26 Å². The van der Waals surface area contributed by atoms with E-state index < -0.39 is 0 Å². The summed E-state index contributed by atoms with van der Waals surface area (Å²) in [5.74, 6) is 1.02. The zero-order chi connectivity index (χ0) is 20.7. The van der Waals surface area contributed by atoms with Gasteiger partial charge in [0.05, 0.1) is 12.7 Å². The second kappa shape index (κ2) is 9.43. The molecule has 0 atom stereocenters. The van der Waals surface area contributed by atoms with Crippen LogP contribution in [-0.4, -0.2) is 50.6 Å². The predicted octanol–water partition coefficient (Wildman–Crippen LogP) is 2.58. The number of nitrogens with one attached hydrogen (secondary N) is 2. The summed E-state index contributed by atoms with van der Waals surface area (Å²) < 4.78 is 5.32. The Morgan fingerprint density at radius 2 is 2.07 bits per heavy atom. The number of hydrogen-bond donors (Lipinski definition) is 2. The Hall–Kier alpha value is -3.05. The number of rotatable bonds is 5. The van der Waals surface area contributed by atoms with Gasteiger partial charge in [-0.15, -0.1) is 11.3 Å². The molecule has 1 aromatic carbocycles. The fourth-order valence-electron chi connectivity index (χ4n) is 3.74. The Kier molecular flexibility index (Phi) is 6.73. The number of hydrogen-bond acceptors (Lipinski definition) is 5. The average molecular weight is 412 g/mol. The van der Waals surface area contributed by atoms with Gasteiger partial charge in [0.25, 0.3) is 5.91 Å². The Labute approximate surface area is 175 Å². The first-order valence-electron chi connectivity index (χ1n) is 9.45. The Balaban J connectivity index is 1.74. The van der Waals surface area contributed by atoms with Crippen LogP contribution in [0.5, 0.6) is 5.75 Å². The molecule has 29 heavy (non-hydrogen) atoms. The van der Waals surface area contributed by atoms with Gasteiger partial charge in [-0.05, 0) is 36.4 Å². The maximum absolute atomic E-state index is 12.8. The summed E-state index contributed by atoms with van der Waals surface area (Å²) in [5, 5.41) is 16.8. The van der Waals surface area contributed by atoms with Crippen LogP contribution in [0.1, 0.15) is 28.1 Å². The maximum Gasteiger partial charge on any atom is 0.255 e. The molecule has 1 fully saturated rings. The van der Waals surface area contributed by atoms with Crippen molar-refractivity contribution in [3.05, 3.63) is 52.2 Å². The number of thiophene rings is 1.